The van der Waals surface area contributed by atoms with Crippen molar-refractivity contribution in [2.45, 2.75) is 31.7 Å². The zero-order valence-electron chi connectivity index (χ0n) is 15.0. The number of Topliss-reactive ketones (excluding diaryl/α,β-unsaturated/α-hetero) is 1. The molecule has 3 aromatic rings. The maximum atomic E-state index is 13.4. The largest absolute Gasteiger partial charge is 0.291 e. The van der Waals surface area contributed by atoms with Crippen molar-refractivity contribution in [2.24, 2.45) is 0 Å². The number of nitrogens with zero attached hydrogens (tertiary/aromatic N) is 3. The minimum atomic E-state index is -3.74. The van der Waals surface area contributed by atoms with E-state index in [2.05, 4.69) is 5.10 Å². The van der Waals surface area contributed by atoms with Crippen molar-refractivity contribution >= 4 is 32.8 Å². The van der Waals surface area contributed by atoms with Gasteiger partial charge < -0.3 is 0 Å². The standard InChI is InChI=1S/C19H19N3O3S2/c1-13-19(14(2)21(20-13)12-17(23)18-8-5-11-26-18)27(24,25)22-10-9-15-6-3-4-7-16(15)22/h3-8,11H,9-10,12H2,1-2H3. The van der Waals surface area contributed by atoms with Gasteiger partial charge in [0.15, 0.2) is 5.78 Å². The first-order valence-corrected chi connectivity index (χ1v) is 10.9. The van der Waals surface area contributed by atoms with Crippen LogP contribution in [-0.4, -0.2) is 30.5 Å². The molecule has 0 saturated carbocycles. The molecule has 4 rings (SSSR count). The van der Waals surface area contributed by atoms with Crippen molar-refractivity contribution in [1.82, 2.24) is 9.78 Å². The lowest BCUT2D eigenvalue weighted by atomic mass is 10.2. The normalized spacial score (nSPS) is 13.8. The third-order valence-corrected chi connectivity index (χ3v) is 7.77. The second-order valence-corrected chi connectivity index (χ2v) is 9.26. The number of hydrogen-bond donors (Lipinski definition) is 0. The van der Waals surface area contributed by atoms with Gasteiger partial charge in [-0.1, -0.05) is 24.3 Å². The number of hydrogen-bond acceptors (Lipinski definition) is 5. The minimum absolute atomic E-state index is 0.0271. The Kier molecular flexibility index (Phi) is 4.39. The van der Waals surface area contributed by atoms with Crippen LogP contribution >= 0.6 is 11.3 Å². The highest BCUT2D eigenvalue weighted by atomic mass is 32.2. The van der Waals surface area contributed by atoms with E-state index >= 15 is 0 Å². The zero-order chi connectivity index (χ0) is 19.2. The van der Waals surface area contributed by atoms with Gasteiger partial charge in [0, 0.05) is 6.54 Å². The summed E-state index contributed by atoms with van der Waals surface area (Å²) in [6.45, 7) is 3.82. The van der Waals surface area contributed by atoms with Crippen molar-refractivity contribution in [3.05, 3.63) is 63.6 Å². The SMILES string of the molecule is Cc1nn(CC(=O)c2cccs2)c(C)c1S(=O)(=O)N1CCc2ccccc21. The van der Waals surface area contributed by atoms with E-state index < -0.39 is 10.0 Å². The minimum Gasteiger partial charge on any atom is -0.291 e. The van der Waals surface area contributed by atoms with E-state index in [4.69, 9.17) is 0 Å². The average molecular weight is 402 g/mol. The van der Waals surface area contributed by atoms with Crippen molar-refractivity contribution in [3.8, 4) is 0 Å². The van der Waals surface area contributed by atoms with Gasteiger partial charge in [-0.05, 0) is 43.3 Å². The molecule has 8 heteroatoms. The number of fused-ring (bicyclic) bond motifs is 1. The van der Waals surface area contributed by atoms with Gasteiger partial charge in [-0.3, -0.25) is 13.8 Å². The highest BCUT2D eigenvalue weighted by Crippen LogP contribution is 2.34. The van der Waals surface area contributed by atoms with Gasteiger partial charge in [-0.15, -0.1) is 11.3 Å². The van der Waals surface area contributed by atoms with Crippen molar-refractivity contribution in [3.63, 3.8) is 0 Å². The summed E-state index contributed by atoms with van der Waals surface area (Å²) in [6, 6.07) is 11.1. The molecule has 0 amide bonds. The number of benzene rings is 1. The van der Waals surface area contributed by atoms with Crippen LogP contribution in [0.1, 0.15) is 26.6 Å². The maximum Gasteiger partial charge on any atom is 0.268 e. The van der Waals surface area contributed by atoms with E-state index in [9.17, 15) is 13.2 Å². The summed E-state index contributed by atoms with van der Waals surface area (Å²) in [7, 11) is -3.74. The summed E-state index contributed by atoms with van der Waals surface area (Å²) in [4.78, 5) is 13.2. The van der Waals surface area contributed by atoms with Gasteiger partial charge in [0.05, 0.1) is 22.0 Å². The quantitative estimate of drug-likeness (QED) is 0.616. The number of sulfonamides is 1. The van der Waals surface area contributed by atoms with Crippen LogP contribution in [0.15, 0.2) is 46.7 Å². The number of rotatable bonds is 5. The molecule has 6 nitrogen and oxygen atoms in total. The van der Waals surface area contributed by atoms with E-state index in [0.717, 1.165) is 11.3 Å². The highest BCUT2D eigenvalue weighted by molar-refractivity contribution is 7.93. The molecular weight excluding hydrogens is 382 g/mol. The van der Waals surface area contributed by atoms with Gasteiger partial charge in [-0.25, -0.2) is 8.42 Å². The van der Waals surface area contributed by atoms with E-state index in [1.54, 1.807) is 19.9 Å². The number of aromatic nitrogens is 2. The molecule has 0 fully saturated rings. The highest BCUT2D eigenvalue weighted by Gasteiger charge is 2.35. The van der Waals surface area contributed by atoms with Crippen LogP contribution in [0.4, 0.5) is 5.69 Å². The molecule has 1 aliphatic heterocycles. The molecule has 0 radical (unpaired) electrons. The van der Waals surface area contributed by atoms with Crippen LogP contribution in [0.3, 0.4) is 0 Å². The molecule has 0 spiro atoms. The second kappa shape index (κ2) is 6.61. The Hall–Kier alpha value is -2.45. The summed E-state index contributed by atoms with van der Waals surface area (Å²) in [5, 5.41) is 6.19. The van der Waals surface area contributed by atoms with Crippen LogP contribution in [-0.2, 0) is 23.0 Å². The van der Waals surface area contributed by atoms with Gasteiger partial charge in [0.25, 0.3) is 10.0 Å². The third kappa shape index (κ3) is 2.98. The Balaban J connectivity index is 1.70. The monoisotopic (exact) mass is 401 g/mol. The zero-order valence-corrected chi connectivity index (χ0v) is 16.7. The average Bonchev–Trinajstić information content (AvgIpc) is 3.35. The Labute approximate surface area is 162 Å². The van der Waals surface area contributed by atoms with E-state index in [0.29, 0.717) is 29.2 Å². The summed E-state index contributed by atoms with van der Waals surface area (Å²) in [5.41, 5.74) is 2.65. The first-order chi connectivity index (χ1) is 12.9. The van der Waals surface area contributed by atoms with Crippen molar-refractivity contribution < 1.29 is 13.2 Å². The molecule has 0 saturated heterocycles. The van der Waals surface area contributed by atoms with Crippen molar-refractivity contribution in [1.29, 1.82) is 0 Å². The molecule has 0 atom stereocenters. The fraction of sp³-hybridized carbons (Fsp3) is 0.263. The Morgan fingerprint density at radius 1 is 1.19 bits per heavy atom. The smallest absolute Gasteiger partial charge is 0.268 e. The summed E-state index contributed by atoms with van der Waals surface area (Å²) < 4.78 is 29.7. The Morgan fingerprint density at radius 3 is 2.70 bits per heavy atom. The molecule has 0 N–H and O–H groups in total. The van der Waals surface area contributed by atoms with Gasteiger partial charge >= 0.3 is 0 Å². The number of carbonyl (C=O) groups is 1. The van der Waals surface area contributed by atoms with E-state index in [1.807, 2.05) is 35.7 Å². The second-order valence-electron chi connectivity index (χ2n) is 6.51. The fourth-order valence-electron chi connectivity index (χ4n) is 3.53. The lowest BCUT2D eigenvalue weighted by Gasteiger charge is -2.19. The first-order valence-electron chi connectivity index (χ1n) is 8.61. The van der Waals surface area contributed by atoms with Gasteiger partial charge in [0.2, 0.25) is 0 Å². The molecule has 1 aliphatic rings. The fourth-order valence-corrected chi connectivity index (χ4v) is 6.07. The lowest BCUT2D eigenvalue weighted by Crippen LogP contribution is -2.30. The number of ketones is 1. The number of thiophene rings is 1. The molecule has 0 bridgehead atoms. The van der Waals surface area contributed by atoms with Crippen LogP contribution in [0.2, 0.25) is 0 Å². The van der Waals surface area contributed by atoms with Crippen LogP contribution in [0, 0.1) is 13.8 Å². The number of carbonyl (C=O) groups excluding carboxylic acids is 1. The number of para-hydroxylation sites is 1. The Morgan fingerprint density at radius 2 is 1.96 bits per heavy atom. The third-order valence-electron chi connectivity index (χ3n) is 4.80. The maximum absolute atomic E-state index is 13.4. The van der Waals surface area contributed by atoms with Gasteiger partial charge in [-0.2, -0.15) is 5.10 Å². The van der Waals surface area contributed by atoms with Crippen LogP contribution in [0.5, 0.6) is 0 Å². The van der Waals surface area contributed by atoms with E-state index in [-0.39, 0.29) is 17.2 Å². The van der Waals surface area contributed by atoms with Gasteiger partial charge in [0.1, 0.15) is 11.4 Å². The number of aryl methyl sites for hydroxylation is 1. The number of anilines is 1. The predicted molar refractivity (Wildman–Crippen MR) is 105 cm³/mol. The molecular formula is C19H19N3O3S2. The molecule has 27 heavy (non-hydrogen) atoms. The molecule has 0 unspecified atom stereocenters. The van der Waals surface area contributed by atoms with E-state index in [1.165, 1.54) is 20.3 Å². The molecule has 2 aromatic heterocycles. The molecule has 1 aromatic carbocycles. The van der Waals surface area contributed by atoms with Crippen LogP contribution < -0.4 is 4.31 Å². The van der Waals surface area contributed by atoms with Crippen molar-refractivity contribution in [2.75, 3.05) is 10.8 Å². The topological polar surface area (TPSA) is 72.3 Å². The molecule has 0 aliphatic carbocycles. The first kappa shape index (κ1) is 17.9. The Bertz CT molecular complexity index is 1120. The molecule has 140 valence electrons. The summed E-state index contributed by atoms with van der Waals surface area (Å²) in [5.74, 6) is -0.0777. The summed E-state index contributed by atoms with van der Waals surface area (Å²) >= 11 is 1.37. The van der Waals surface area contributed by atoms with Crippen LogP contribution in [0.25, 0.3) is 0 Å². The summed E-state index contributed by atoms with van der Waals surface area (Å²) in [6.07, 6.45) is 0.693. The predicted octanol–water partition coefficient (Wildman–Crippen LogP) is 3.20. The molecule has 3 heterocycles. The lowest BCUT2D eigenvalue weighted by molar-refractivity contribution is 0.0970.